The average Bonchev–Trinajstić information content (AvgIpc) is 2.53. The first kappa shape index (κ1) is 18.7. The van der Waals surface area contributed by atoms with Crippen molar-refractivity contribution < 1.29 is 19.4 Å². The van der Waals surface area contributed by atoms with Crippen LogP contribution in [-0.4, -0.2) is 36.7 Å². The van der Waals surface area contributed by atoms with Crippen LogP contribution in [0.2, 0.25) is 5.02 Å². The van der Waals surface area contributed by atoms with E-state index in [2.05, 4.69) is 5.32 Å². The third-order valence-corrected chi connectivity index (χ3v) is 4.90. The van der Waals surface area contributed by atoms with Crippen molar-refractivity contribution in [3.05, 3.63) is 34.9 Å². The summed E-state index contributed by atoms with van der Waals surface area (Å²) in [5.74, 6) is -1.34. The first-order valence-electron chi connectivity index (χ1n) is 8.20. The van der Waals surface area contributed by atoms with Gasteiger partial charge in [0.05, 0.1) is 11.3 Å². The van der Waals surface area contributed by atoms with Gasteiger partial charge in [-0.05, 0) is 36.5 Å². The molecule has 1 saturated heterocycles. The number of ether oxygens (including phenoxy) is 1. The Kier molecular flexibility index (Phi) is 6.24. The van der Waals surface area contributed by atoms with E-state index in [9.17, 15) is 14.7 Å². The Morgan fingerprint density at radius 1 is 1.33 bits per heavy atom. The average molecular weight is 354 g/mol. The summed E-state index contributed by atoms with van der Waals surface area (Å²) in [5.41, 5.74) is -0.101. The molecule has 132 valence electrons. The maximum atomic E-state index is 12.7. The summed E-state index contributed by atoms with van der Waals surface area (Å²) in [4.78, 5) is 24.4. The molecule has 1 amide bonds. The highest BCUT2D eigenvalue weighted by Gasteiger charge is 2.41. The van der Waals surface area contributed by atoms with Gasteiger partial charge in [0.1, 0.15) is 0 Å². The number of hydrogen-bond donors (Lipinski definition) is 2. The van der Waals surface area contributed by atoms with Crippen molar-refractivity contribution in [3.8, 4) is 0 Å². The minimum absolute atomic E-state index is 0.0685. The molecule has 0 aromatic heterocycles. The van der Waals surface area contributed by atoms with Gasteiger partial charge in [-0.1, -0.05) is 37.6 Å². The Morgan fingerprint density at radius 3 is 2.54 bits per heavy atom. The summed E-state index contributed by atoms with van der Waals surface area (Å²) in [6.45, 7) is 4.86. The fraction of sp³-hybridized carbons (Fsp3) is 0.556. The number of aliphatic carboxylic acids is 1. The molecule has 0 saturated carbocycles. The molecule has 0 bridgehead atoms. The van der Waals surface area contributed by atoms with E-state index >= 15 is 0 Å². The normalized spacial score (nSPS) is 18.2. The molecule has 0 radical (unpaired) electrons. The molecule has 1 fully saturated rings. The lowest BCUT2D eigenvalue weighted by Crippen LogP contribution is -2.47. The summed E-state index contributed by atoms with van der Waals surface area (Å²) < 4.78 is 5.26. The van der Waals surface area contributed by atoms with Crippen LogP contribution in [0, 0.1) is 11.3 Å². The van der Waals surface area contributed by atoms with Gasteiger partial charge in [-0.3, -0.25) is 9.59 Å². The summed E-state index contributed by atoms with van der Waals surface area (Å²) in [5, 5.41) is 13.0. The first-order valence-corrected chi connectivity index (χ1v) is 8.58. The van der Waals surface area contributed by atoms with Crippen molar-refractivity contribution in [1.29, 1.82) is 0 Å². The molecule has 1 heterocycles. The van der Waals surface area contributed by atoms with Crippen LogP contribution in [0.5, 0.6) is 0 Å². The number of carboxylic acid groups (broad SMARTS) is 1. The number of benzene rings is 1. The molecule has 1 unspecified atom stereocenters. The van der Waals surface area contributed by atoms with Crippen LogP contribution < -0.4 is 5.32 Å². The second kappa shape index (κ2) is 7.99. The maximum Gasteiger partial charge on any atom is 0.311 e. The van der Waals surface area contributed by atoms with Gasteiger partial charge in [-0.15, -0.1) is 0 Å². The summed E-state index contributed by atoms with van der Waals surface area (Å²) in [6.07, 6.45) is 0.818. The molecular weight excluding hydrogens is 330 g/mol. The van der Waals surface area contributed by atoms with Crippen molar-refractivity contribution in [3.63, 3.8) is 0 Å². The van der Waals surface area contributed by atoms with Gasteiger partial charge in [-0.25, -0.2) is 0 Å². The zero-order valence-electron chi connectivity index (χ0n) is 14.0. The third-order valence-electron chi connectivity index (χ3n) is 4.66. The van der Waals surface area contributed by atoms with Gasteiger partial charge in [0, 0.05) is 24.8 Å². The highest BCUT2D eigenvalue weighted by molar-refractivity contribution is 6.30. The molecule has 5 nitrogen and oxygen atoms in total. The van der Waals surface area contributed by atoms with Gasteiger partial charge in [0.25, 0.3) is 0 Å². The Labute approximate surface area is 147 Å². The fourth-order valence-corrected chi connectivity index (χ4v) is 3.33. The van der Waals surface area contributed by atoms with Crippen LogP contribution in [0.15, 0.2) is 24.3 Å². The molecular formula is C18H24ClNO4. The van der Waals surface area contributed by atoms with E-state index in [4.69, 9.17) is 16.3 Å². The minimum atomic E-state index is -0.941. The molecule has 24 heavy (non-hydrogen) atoms. The van der Waals surface area contributed by atoms with Gasteiger partial charge in [0.15, 0.2) is 0 Å². The topological polar surface area (TPSA) is 75.6 Å². The van der Waals surface area contributed by atoms with Crippen LogP contribution in [0.1, 0.15) is 38.2 Å². The van der Waals surface area contributed by atoms with E-state index in [1.165, 1.54) is 0 Å². The molecule has 2 N–H and O–H groups in total. The highest BCUT2D eigenvalue weighted by atomic mass is 35.5. The SMILES string of the molecule is CC(C)C(C(=O)NCC1(C(=O)O)CCOCC1)c1cccc(Cl)c1. The van der Waals surface area contributed by atoms with E-state index in [0.717, 1.165) is 5.56 Å². The number of halogens is 1. The zero-order valence-corrected chi connectivity index (χ0v) is 14.8. The lowest BCUT2D eigenvalue weighted by molar-refractivity contribution is -0.154. The Morgan fingerprint density at radius 2 is 2.00 bits per heavy atom. The van der Waals surface area contributed by atoms with Gasteiger partial charge < -0.3 is 15.2 Å². The number of carbonyl (C=O) groups is 2. The number of amides is 1. The summed E-state index contributed by atoms with van der Waals surface area (Å²) >= 11 is 6.04. The number of hydrogen-bond acceptors (Lipinski definition) is 3. The molecule has 2 rings (SSSR count). The fourth-order valence-electron chi connectivity index (χ4n) is 3.13. The number of carboxylic acids is 1. The van der Waals surface area contributed by atoms with Crippen LogP contribution in [0.25, 0.3) is 0 Å². The predicted molar refractivity (Wildman–Crippen MR) is 92.2 cm³/mol. The van der Waals surface area contributed by atoms with Crippen molar-refractivity contribution in [1.82, 2.24) is 5.32 Å². The molecule has 1 aliphatic heterocycles. The Balaban J connectivity index is 2.12. The number of nitrogens with one attached hydrogen (secondary N) is 1. The second-order valence-corrected chi connectivity index (χ2v) is 7.13. The molecule has 1 aromatic carbocycles. The highest BCUT2D eigenvalue weighted by Crippen LogP contribution is 2.31. The van der Waals surface area contributed by atoms with Gasteiger partial charge >= 0.3 is 5.97 Å². The lowest BCUT2D eigenvalue weighted by Gasteiger charge is -2.34. The smallest absolute Gasteiger partial charge is 0.311 e. The van der Waals surface area contributed by atoms with Crippen molar-refractivity contribution in [2.75, 3.05) is 19.8 Å². The van der Waals surface area contributed by atoms with E-state index < -0.39 is 11.4 Å². The molecule has 1 atom stereocenters. The Hall–Kier alpha value is -1.59. The zero-order chi connectivity index (χ0) is 17.7. The Bertz CT molecular complexity index is 596. The summed E-state index contributed by atoms with van der Waals surface area (Å²) in [7, 11) is 0. The molecule has 1 aliphatic rings. The first-order chi connectivity index (χ1) is 11.4. The van der Waals surface area contributed by atoms with Gasteiger partial charge in [-0.2, -0.15) is 0 Å². The predicted octanol–water partition coefficient (Wildman–Crippen LogP) is 3.08. The molecule has 0 aliphatic carbocycles. The van der Waals surface area contributed by atoms with Crippen LogP contribution >= 0.6 is 11.6 Å². The number of rotatable bonds is 6. The lowest BCUT2D eigenvalue weighted by atomic mass is 9.79. The van der Waals surface area contributed by atoms with Crippen molar-refractivity contribution in [2.24, 2.45) is 11.3 Å². The van der Waals surface area contributed by atoms with E-state index in [1.54, 1.807) is 12.1 Å². The van der Waals surface area contributed by atoms with E-state index in [-0.39, 0.29) is 24.3 Å². The van der Waals surface area contributed by atoms with Crippen molar-refractivity contribution >= 4 is 23.5 Å². The largest absolute Gasteiger partial charge is 0.481 e. The monoisotopic (exact) mass is 353 g/mol. The van der Waals surface area contributed by atoms with Crippen LogP contribution in [0.4, 0.5) is 0 Å². The third kappa shape index (κ3) is 4.28. The molecule has 0 spiro atoms. The quantitative estimate of drug-likeness (QED) is 0.824. The second-order valence-electron chi connectivity index (χ2n) is 6.69. The molecule has 6 heteroatoms. The standard InChI is InChI=1S/C18H24ClNO4/c1-12(2)15(13-4-3-5-14(19)10-13)16(21)20-11-18(17(22)23)6-8-24-9-7-18/h3-5,10,12,15H,6-9,11H2,1-2H3,(H,20,21)(H,22,23). The van der Waals surface area contributed by atoms with Crippen LogP contribution in [0.3, 0.4) is 0 Å². The van der Waals surface area contributed by atoms with E-state index in [0.29, 0.717) is 31.1 Å². The van der Waals surface area contributed by atoms with Gasteiger partial charge in [0.2, 0.25) is 5.91 Å². The molecule has 1 aromatic rings. The summed E-state index contributed by atoms with van der Waals surface area (Å²) in [6, 6.07) is 7.24. The van der Waals surface area contributed by atoms with E-state index in [1.807, 2.05) is 26.0 Å². The van der Waals surface area contributed by atoms with Crippen molar-refractivity contribution in [2.45, 2.75) is 32.6 Å². The number of carbonyl (C=O) groups excluding carboxylic acids is 1. The maximum absolute atomic E-state index is 12.7. The minimum Gasteiger partial charge on any atom is -0.481 e. The van der Waals surface area contributed by atoms with Crippen LogP contribution in [-0.2, 0) is 14.3 Å².